The maximum atomic E-state index is 11.7. The second kappa shape index (κ2) is 7.48. The van der Waals surface area contributed by atoms with Crippen LogP contribution < -0.4 is 5.32 Å². The first-order valence-electron chi connectivity index (χ1n) is 6.74. The molecule has 1 amide bonds. The van der Waals surface area contributed by atoms with Gasteiger partial charge in [0.2, 0.25) is 5.91 Å². The summed E-state index contributed by atoms with van der Waals surface area (Å²) in [6.07, 6.45) is 2.85. The van der Waals surface area contributed by atoms with Crippen molar-refractivity contribution >= 4 is 11.9 Å². The zero-order chi connectivity index (χ0) is 15.1. The molecule has 0 fully saturated rings. The highest BCUT2D eigenvalue weighted by Gasteiger charge is 2.17. The lowest BCUT2D eigenvalue weighted by molar-refractivity contribution is -0.131. The molecule has 4 heteroatoms. The van der Waals surface area contributed by atoms with Crippen LogP contribution in [0.2, 0.25) is 0 Å². The maximum absolute atomic E-state index is 11.7. The van der Waals surface area contributed by atoms with Crippen LogP contribution in [0.3, 0.4) is 0 Å². The van der Waals surface area contributed by atoms with Crippen molar-refractivity contribution in [2.45, 2.75) is 33.2 Å². The highest BCUT2D eigenvalue weighted by Crippen LogP contribution is 2.22. The van der Waals surface area contributed by atoms with Gasteiger partial charge in [-0.2, -0.15) is 0 Å². The number of nitrogens with one attached hydrogen (secondary N) is 1. The highest BCUT2D eigenvalue weighted by molar-refractivity contribution is 5.94. The van der Waals surface area contributed by atoms with Crippen LogP contribution in [0.25, 0.3) is 0 Å². The molecule has 4 nitrogen and oxygen atoms in total. The Morgan fingerprint density at radius 3 is 2.25 bits per heavy atom. The van der Waals surface area contributed by atoms with E-state index in [1.807, 2.05) is 38.1 Å². The van der Waals surface area contributed by atoms with Crippen molar-refractivity contribution in [3.8, 4) is 0 Å². The summed E-state index contributed by atoms with van der Waals surface area (Å²) in [5.74, 6) is -1.32. The third-order valence-corrected chi connectivity index (χ3v) is 3.09. The topological polar surface area (TPSA) is 66.4 Å². The van der Waals surface area contributed by atoms with Crippen LogP contribution >= 0.6 is 0 Å². The van der Waals surface area contributed by atoms with Gasteiger partial charge < -0.3 is 10.4 Å². The third-order valence-electron chi connectivity index (χ3n) is 3.09. The molecule has 1 atom stereocenters. The molecule has 1 aromatic carbocycles. The van der Waals surface area contributed by atoms with Crippen LogP contribution in [0.1, 0.15) is 37.9 Å². The average molecular weight is 275 g/mol. The van der Waals surface area contributed by atoms with Crippen LogP contribution in [-0.4, -0.2) is 17.0 Å². The molecule has 0 radical (unpaired) electrons. The van der Waals surface area contributed by atoms with Gasteiger partial charge in [-0.15, -0.1) is 0 Å². The molecular weight excluding hydrogens is 254 g/mol. The molecule has 0 aliphatic rings. The first-order valence-corrected chi connectivity index (χ1v) is 6.74. The summed E-state index contributed by atoms with van der Waals surface area (Å²) in [6.45, 7) is 6.12. The number of carboxylic acids is 1. The Hall–Kier alpha value is -2.10. The molecule has 1 rings (SSSR count). The summed E-state index contributed by atoms with van der Waals surface area (Å²) >= 11 is 0. The number of aryl methyl sites for hydroxylation is 1. The number of hydrogen-bond acceptors (Lipinski definition) is 2. The van der Waals surface area contributed by atoms with E-state index < -0.39 is 11.9 Å². The van der Waals surface area contributed by atoms with Gasteiger partial charge in [-0.1, -0.05) is 45.0 Å². The highest BCUT2D eigenvalue weighted by atomic mass is 16.4. The Balaban J connectivity index is 2.83. The van der Waals surface area contributed by atoms with Gasteiger partial charge in [-0.25, -0.2) is 4.79 Å². The van der Waals surface area contributed by atoms with Crippen molar-refractivity contribution in [1.82, 2.24) is 5.32 Å². The molecule has 0 aromatic heterocycles. The van der Waals surface area contributed by atoms with Gasteiger partial charge in [0, 0.05) is 12.2 Å². The second-order valence-electron chi connectivity index (χ2n) is 5.00. The standard InChI is InChI=1S/C16H21NO3/c1-4-12-5-7-13(8-6-12)16(11(2)3)17-14(18)9-10-15(19)20/h5-11,16H,4H2,1-3H3,(H,17,18)(H,19,20)/b10-9+. The van der Waals surface area contributed by atoms with E-state index in [4.69, 9.17) is 5.11 Å². The van der Waals surface area contributed by atoms with Gasteiger partial charge in [0.15, 0.2) is 0 Å². The second-order valence-corrected chi connectivity index (χ2v) is 5.00. The fourth-order valence-corrected chi connectivity index (χ4v) is 1.94. The van der Waals surface area contributed by atoms with E-state index in [2.05, 4.69) is 12.2 Å². The lowest BCUT2D eigenvalue weighted by atomic mass is 9.95. The number of benzene rings is 1. The third kappa shape index (κ3) is 4.88. The number of rotatable bonds is 6. The first-order chi connectivity index (χ1) is 9.43. The molecule has 2 N–H and O–H groups in total. The Morgan fingerprint density at radius 1 is 1.20 bits per heavy atom. The van der Waals surface area contributed by atoms with E-state index in [0.717, 1.165) is 24.1 Å². The summed E-state index contributed by atoms with van der Waals surface area (Å²) in [5.41, 5.74) is 2.27. The molecule has 20 heavy (non-hydrogen) atoms. The van der Waals surface area contributed by atoms with E-state index in [0.29, 0.717) is 0 Å². The van der Waals surface area contributed by atoms with Crippen molar-refractivity contribution in [1.29, 1.82) is 0 Å². The number of carbonyl (C=O) groups is 2. The molecule has 0 aliphatic carbocycles. The minimum atomic E-state index is -1.13. The summed E-state index contributed by atoms with van der Waals surface area (Å²) in [4.78, 5) is 22.1. The van der Waals surface area contributed by atoms with Gasteiger partial charge in [0.25, 0.3) is 0 Å². The fraction of sp³-hybridized carbons (Fsp3) is 0.375. The molecule has 1 unspecified atom stereocenters. The Kier molecular flexibility index (Phi) is 5.97. The zero-order valence-corrected chi connectivity index (χ0v) is 12.1. The molecule has 0 heterocycles. The molecule has 0 bridgehead atoms. The molecule has 0 saturated heterocycles. The van der Waals surface area contributed by atoms with Crippen molar-refractivity contribution < 1.29 is 14.7 Å². The summed E-state index contributed by atoms with van der Waals surface area (Å²) in [5, 5.41) is 11.4. The van der Waals surface area contributed by atoms with Gasteiger partial charge >= 0.3 is 5.97 Å². The van der Waals surface area contributed by atoms with E-state index in [1.165, 1.54) is 5.56 Å². The normalized spacial score (nSPS) is 12.6. The molecular formula is C16H21NO3. The summed E-state index contributed by atoms with van der Waals surface area (Å²) in [6, 6.07) is 7.97. The SMILES string of the molecule is CCc1ccc(C(NC(=O)/C=C/C(=O)O)C(C)C)cc1. The largest absolute Gasteiger partial charge is 0.478 e. The lowest BCUT2D eigenvalue weighted by Gasteiger charge is -2.22. The Labute approximate surface area is 119 Å². The van der Waals surface area contributed by atoms with E-state index >= 15 is 0 Å². The summed E-state index contributed by atoms with van der Waals surface area (Å²) in [7, 11) is 0. The smallest absolute Gasteiger partial charge is 0.328 e. The molecule has 0 saturated carbocycles. The molecule has 108 valence electrons. The van der Waals surface area contributed by atoms with Gasteiger partial charge in [-0.05, 0) is 23.5 Å². The van der Waals surface area contributed by atoms with Crippen LogP contribution in [0.4, 0.5) is 0 Å². The van der Waals surface area contributed by atoms with Gasteiger partial charge in [-0.3, -0.25) is 4.79 Å². The van der Waals surface area contributed by atoms with Crippen molar-refractivity contribution in [2.75, 3.05) is 0 Å². The molecule has 0 spiro atoms. The lowest BCUT2D eigenvalue weighted by Crippen LogP contribution is -2.30. The van der Waals surface area contributed by atoms with Crippen molar-refractivity contribution in [2.24, 2.45) is 5.92 Å². The average Bonchev–Trinajstić information content (AvgIpc) is 2.42. The predicted octanol–water partition coefficient (Wildman–Crippen LogP) is 2.70. The molecule has 0 aliphatic heterocycles. The minimum absolute atomic E-state index is 0.133. The maximum Gasteiger partial charge on any atom is 0.328 e. The van der Waals surface area contributed by atoms with E-state index in [-0.39, 0.29) is 12.0 Å². The van der Waals surface area contributed by atoms with Crippen LogP contribution in [0.15, 0.2) is 36.4 Å². The fourth-order valence-electron chi connectivity index (χ4n) is 1.94. The molecule has 1 aromatic rings. The first kappa shape index (κ1) is 16.0. The van der Waals surface area contributed by atoms with E-state index in [9.17, 15) is 9.59 Å². The number of aliphatic carboxylic acids is 1. The number of carbonyl (C=O) groups excluding carboxylic acids is 1. The van der Waals surface area contributed by atoms with Crippen LogP contribution in [0, 0.1) is 5.92 Å². The van der Waals surface area contributed by atoms with Crippen molar-refractivity contribution in [3.63, 3.8) is 0 Å². The number of carboxylic acid groups (broad SMARTS) is 1. The summed E-state index contributed by atoms with van der Waals surface area (Å²) < 4.78 is 0. The zero-order valence-electron chi connectivity index (χ0n) is 12.1. The van der Waals surface area contributed by atoms with Crippen LogP contribution in [-0.2, 0) is 16.0 Å². The van der Waals surface area contributed by atoms with Gasteiger partial charge in [0.05, 0.1) is 6.04 Å². The van der Waals surface area contributed by atoms with E-state index in [1.54, 1.807) is 0 Å². The predicted molar refractivity (Wildman–Crippen MR) is 78.3 cm³/mol. The quantitative estimate of drug-likeness (QED) is 0.784. The Bertz CT molecular complexity index is 489. The van der Waals surface area contributed by atoms with Crippen LogP contribution in [0.5, 0.6) is 0 Å². The number of hydrogen-bond donors (Lipinski definition) is 2. The number of amides is 1. The monoisotopic (exact) mass is 275 g/mol. The van der Waals surface area contributed by atoms with Gasteiger partial charge in [0.1, 0.15) is 0 Å². The Morgan fingerprint density at radius 2 is 1.80 bits per heavy atom. The minimum Gasteiger partial charge on any atom is -0.478 e. The van der Waals surface area contributed by atoms with Crippen molar-refractivity contribution in [3.05, 3.63) is 47.5 Å².